The second-order valence-electron chi connectivity index (χ2n) is 3.70. The van der Waals surface area contributed by atoms with E-state index in [0.717, 1.165) is 0 Å². The minimum Gasteiger partial charge on any atom is -0.480 e. The fourth-order valence-electron chi connectivity index (χ4n) is 1.42. The molecular weight excluding hydrogens is 270 g/mol. The third-order valence-electron chi connectivity index (χ3n) is 2.25. The first-order chi connectivity index (χ1) is 9.08. The van der Waals surface area contributed by atoms with E-state index in [1.165, 1.54) is 25.0 Å². The molecule has 0 aliphatic carbocycles. The van der Waals surface area contributed by atoms with Crippen molar-refractivity contribution in [2.75, 3.05) is 5.75 Å². The summed E-state index contributed by atoms with van der Waals surface area (Å²) in [5.74, 6) is -1.31. The molecule has 100 valence electrons. The summed E-state index contributed by atoms with van der Waals surface area (Å²) in [6.07, 6.45) is 4.80. The lowest BCUT2D eigenvalue weighted by Crippen LogP contribution is -2.41. The van der Waals surface area contributed by atoms with Gasteiger partial charge in [-0.2, -0.15) is 0 Å². The summed E-state index contributed by atoms with van der Waals surface area (Å²) < 4.78 is 1.68. The Morgan fingerprint density at radius 1 is 1.58 bits per heavy atom. The smallest absolute Gasteiger partial charge is 0.327 e. The largest absolute Gasteiger partial charge is 0.480 e. The molecule has 0 spiro atoms. The SMILES string of the molecule is CC(=O)N[C@@H](CSc1nccn2cnnc12)C(=O)O. The van der Waals surface area contributed by atoms with Crippen LogP contribution in [0.15, 0.2) is 23.7 Å². The molecule has 2 heterocycles. The molecule has 0 aliphatic rings. The van der Waals surface area contributed by atoms with Crippen molar-refractivity contribution in [1.82, 2.24) is 24.9 Å². The Kier molecular flexibility index (Phi) is 3.95. The van der Waals surface area contributed by atoms with Gasteiger partial charge >= 0.3 is 5.97 Å². The van der Waals surface area contributed by atoms with Crippen LogP contribution in [0.1, 0.15) is 6.92 Å². The van der Waals surface area contributed by atoms with Gasteiger partial charge in [-0.3, -0.25) is 9.20 Å². The predicted molar refractivity (Wildman–Crippen MR) is 66.7 cm³/mol. The molecule has 0 fully saturated rings. The van der Waals surface area contributed by atoms with Gasteiger partial charge in [-0.25, -0.2) is 9.78 Å². The highest BCUT2D eigenvalue weighted by atomic mass is 32.2. The number of carboxylic acid groups (broad SMARTS) is 1. The van der Waals surface area contributed by atoms with Crippen molar-refractivity contribution in [3.8, 4) is 0 Å². The minimum atomic E-state index is -1.09. The van der Waals surface area contributed by atoms with Crippen LogP contribution in [-0.4, -0.2) is 48.4 Å². The summed E-state index contributed by atoms with van der Waals surface area (Å²) in [5, 5.41) is 19.6. The van der Waals surface area contributed by atoms with E-state index in [1.807, 2.05) is 0 Å². The zero-order valence-corrected chi connectivity index (χ0v) is 10.8. The van der Waals surface area contributed by atoms with E-state index in [4.69, 9.17) is 5.11 Å². The van der Waals surface area contributed by atoms with E-state index >= 15 is 0 Å². The fourth-order valence-corrected chi connectivity index (χ4v) is 2.38. The van der Waals surface area contributed by atoms with Gasteiger partial charge in [0.15, 0.2) is 5.65 Å². The summed E-state index contributed by atoms with van der Waals surface area (Å²) in [5.41, 5.74) is 0.555. The summed E-state index contributed by atoms with van der Waals surface area (Å²) in [4.78, 5) is 26.0. The maximum atomic E-state index is 11.0. The summed E-state index contributed by atoms with van der Waals surface area (Å²) >= 11 is 1.20. The number of aliphatic carboxylic acids is 1. The predicted octanol–water partition coefficient (Wildman–Crippen LogP) is -0.194. The Morgan fingerprint density at radius 2 is 2.37 bits per heavy atom. The van der Waals surface area contributed by atoms with Crippen molar-refractivity contribution in [2.24, 2.45) is 0 Å². The van der Waals surface area contributed by atoms with Gasteiger partial charge in [0.2, 0.25) is 5.91 Å². The molecule has 1 amide bonds. The molecule has 9 heteroatoms. The van der Waals surface area contributed by atoms with Crippen LogP contribution in [-0.2, 0) is 9.59 Å². The van der Waals surface area contributed by atoms with Crippen LogP contribution in [0, 0.1) is 0 Å². The van der Waals surface area contributed by atoms with Crippen molar-refractivity contribution in [3.05, 3.63) is 18.7 Å². The second kappa shape index (κ2) is 5.65. The maximum Gasteiger partial charge on any atom is 0.327 e. The van der Waals surface area contributed by atoms with Crippen LogP contribution < -0.4 is 5.32 Å². The molecule has 0 saturated carbocycles. The lowest BCUT2D eigenvalue weighted by atomic mass is 10.3. The van der Waals surface area contributed by atoms with Gasteiger partial charge in [-0.15, -0.1) is 10.2 Å². The quantitative estimate of drug-likeness (QED) is 0.731. The molecule has 0 aromatic carbocycles. The van der Waals surface area contributed by atoms with Gasteiger partial charge in [0.1, 0.15) is 17.4 Å². The van der Waals surface area contributed by atoms with E-state index < -0.39 is 12.0 Å². The molecule has 0 saturated heterocycles. The second-order valence-corrected chi connectivity index (χ2v) is 4.71. The highest BCUT2D eigenvalue weighted by molar-refractivity contribution is 7.99. The lowest BCUT2D eigenvalue weighted by Gasteiger charge is -2.12. The Labute approximate surface area is 112 Å². The number of fused-ring (bicyclic) bond motifs is 1. The zero-order chi connectivity index (χ0) is 13.8. The van der Waals surface area contributed by atoms with Crippen LogP contribution in [0.2, 0.25) is 0 Å². The van der Waals surface area contributed by atoms with Gasteiger partial charge in [0, 0.05) is 25.1 Å². The Balaban J connectivity index is 2.10. The van der Waals surface area contributed by atoms with Gasteiger partial charge in [-0.1, -0.05) is 11.8 Å². The zero-order valence-electron chi connectivity index (χ0n) is 9.98. The number of hydrogen-bond donors (Lipinski definition) is 2. The van der Waals surface area contributed by atoms with Crippen molar-refractivity contribution >= 4 is 29.3 Å². The highest BCUT2D eigenvalue weighted by Crippen LogP contribution is 2.19. The van der Waals surface area contributed by atoms with Crippen LogP contribution in [0.5, 0.6) is 0 Å². The van der Waals surface area contributed by atoms with E-state index in [-0.39, 0.29) is 11.7 Å². The molecule has 0 bridgehead atoms. The van der Waals surface area contributed by atoms with Gasteiger partial charge in [0.05, 0.1) is 0 Å². The highest BCUT2D eigenvalue weighted by Gasteiger charge is 2.19. The fraction of sp³-hybridized carbons (Fsp3) is 0.300. The molecule has 19 heavy (non-hydrogen) atoms. The third-order valence-corrected chi connectivity index (χ3v) is 3.31. The van der Waals surface area contributed by atoms with E-state index in [9.17, 15) is 9.59 Å². The van der Waals surface area contributed by atoms with Gasteiger partial charge < -0.3 is 10.4 Å². The molecule has 0 unspecified atom stereocenters. The lowest BCUT2D eigenvalue weighted by molar-refractivity contribution is -0.140. The molecule has 8 nitrogen and oxygen atoms in total. The third kappa shape index (κ3) is 3.19. The number of rotatable bonds is 5. The number of aromatic nitrogens is 4. The van der Waals surface area contributed by atoms with Gasteiger partial charge in [-0.05, 0) is 0 Å². The Hall–Kier alpha value is -2.16. The summed E-state index contributed by atoms with van der Waals surface area (Å²) in [6.45, 7) is 1.28. The molecule has 2 aromatic heterocycles. The number of hydrogen-bond acceptors (Lipinski definition) is 6. The van der Waals surface area contributed by atoms with E-state index in [0.29, 0.717) is 10.7 Å². The maximum absolute atomic E-state index is 11.0. The molecular formula is C10H11N5O3S. The number of carbonyl (C=O) groups is 2. The first-order valence-electron chi connectivity index (χ1n) is 5.35. The number of carbonyl (C=O) groups excluding carboxylic acids is 1. The number of nitrogens with zero attached hydrogens (tertiary/aromatic N) is 4. The summed E-state index contributed by atoms with van der Waals surface area (Å²) in [6, 6.07) is -0.965. The Bertz CT molecular complexity index is 614. The van der Waals surface area contributed by atoms with Crippen molar-refractivity contribution < 1.29 is 14.7 Å². The van der Waals surface area contributed by atoms with Crippen molar-refractivity contribution in [1.29, 1.82) is 0 Å². The minimum absolute atomic E-state index is 0.161. The summed E-state index contributed by atoms with van der Waals surface area (Å²) in [7, 11) is 0. The average molecular weight is 281 g/mol. The van der Waals surface area contributed by atoms with Crippen LogP contribution >= 0.6 is 11.8 Å². The molecule has 0 aliphatic heterocycles. The standard InChI is InChI=1S/C10H11N5O3S/c1-6(16)13-7(10(17)18)4-19-9-8-14-12-5-15(8)3-2-11-9/h2-3,5,7H,4H2,1H3,(H,13,16)(H,17,18)/t7-/m0/s1. The first kappa shape index (κ1) is 13.3. The normalized spacial score (nSPS) is 12.3. The van der Waals surface area contributed by atoms with Gasteiger partial charge in [0.25, 0.3) is 0 Å². The van der Waals surface area contributed by atoms with Crippen LogP contribution in [0.3, 0.4) is 0 Å². The average Bonchev–Trinajstić information content (AvgIpc) is 2.82. The Morgan fingerprint density at radius 3 is 3.05 bits per heavy atom. The van der Waals surface area contributed by atoms with E-state index in [1.54, 1.807) is 16.8 Å². The molecule has 2 rings (SSSR count). The molecule has 2 aromatic rings. The first-order valence-corrected chi connectivity index (χ1v) is 6.33. The van der Waals surface area contributed by atoms with E-state index in [2.05, 4.69) is 20.5 Å². The number of thioether (sulfide) groups is 1. The van der Waals surface area contributed by atoms with Crippen LogP contribution in [0.4, 0.5) is 0 Å². The van der Waals surface area contributed by atoms with Crippen molar-refractivity contribution in [3.63, 3.8) is 0 Å². The van der Waals surface area contributed by atoms with Crippen LogP contribution in [0.25, 0.3) is 5.65 Å². The number of carboxylic acids is 1. The topological polar surface area (TPSA) is 109 Å². The molecule has 2 N–H and O–H groups in total. The molecule has 0 radical (unpaired) electrons. The van der Waals surface area contributed by atoms with Crippen molar-refractivity contribution in [2.45, 2.75) is 18.0 Å². The molecule has 1 atom stereocenters. The monoisotopic (exact) mass is 281 g/mol. The number of amides is 1. The number of nitrogens with one attached hydrogen (secondary N) is 1.